The average Bonchev–Trinajstić information content (AvgIpc) is 2.50. The fourth-order valence-electron chi connectivity index (χ4n) is 1.88. The van der Waals surface area contributed by atoms with E-state index in [-0.39, 0.29) is 5.91 Å². The average molecular weight is 304 g/mol. The van der Waals surface area contributed by atoms with Crippen LogP contribution >= 0.6 is 11.6 Å². The van der Waals surface area contributed by atoms with E-state index in [1.54, 1.807) is 12.4 Å². The molecule has 1 amide bonds. The van der Waals surface area contributed by atoms with E-state index in [4.69, 9.17) is 11.6 Å². The van der Waals surface area contributed by atoms with Gasteiger partial charge in [0.05, 0.1) is 6.54 Å². The number of nitrogens with zero attached hydrogens (tertiary/aromatic N) is 1. The predicted molar refractivity (Wildman–Crippen MR) is 84.1 cm³/mol. The lowest BCUT2D eigenvalue weighted by Gasteiger charge is -2.07. The van der Waals surface area contributed by atoms with Gasteiger partial charge in [0.25, 0.3) is 0 Å². The second-order valence-corrected chi connectivity index (χ2v) is 5.12. The summed E-state index contributed by atoms with van der Waals surface area (Å²) in [4.78, 5) is 15.6. The van der Waals surface area contributed by atoms with Crippen molar-refractivity contribution in [3.63, 3.8) is 0 Å². The van der Waals surface area contributed by atoms with Crippen LogP contribution in [0.1, 0.15) is 11.1 Å². The molecule has 0 atom stereocenters. The minimum atomic E-state index is -0.00183. The van der Waals surface area contributed by atoms with E-state index in [1.807, 2.05) is 36.4 Å². The summed E-state index contributed by atoms with van der Waals surface area (Å²) in [5.74, 6) is -0.00183. The van der Waals surface area contributed by atoms with Crippen LogP contribution in [0.15, 0.2) is 48.8 Å². The van der Waals surface area contributed by atoms with Gasteiger partial charge < -0.3 is 10.6 Å². The van der Waals surface area contributed by atoms with Gasteiger partial charge in [0.1, 0.15) is 0 Å². The number of pyridine rings is 1. The van der Waals surface area contributed by atoms with Crippen LogP contribution in [0.4, 0.5) is 0 Å². The van der Waals surface area contributed by atoms with E-state index in [0.29, 0.717) is 19.6 Å². The Morgan fingerprint density at radius 1 is 1.05 bits per heavy atom. The quantitative estimate of drug-likeness (QED) is 0.824. The number of nitrogens with one attached hydrogen (secondary N) is 2. The maximum atomic E-state index is 11.7. The molecule has 0 saturated heterocycles. The maximum Gasteiger partial charge on any atom is 0.233 e. The summed E-state index contributed by atoms with van der Waals surface area (Å²) in [6.07, 6.45) is 4.28. The minimum Gasteiger partial charge on any atom is -0.355 e. The van der Waals surface area contributed by atoms with Crippen LogP contribution in [0.5, 0.6) is 0 Å². The third kappa shape index (κ3) is 5.94. The summed E-state index contributed by atoms with van der Waals surface area (Å²) >= 11 is 5.82. The SMILES string of the molecule is O=C(CNCc1ccncc1)NCCc1ccc(Cl)cc1. The van der Waals surface area contributed by atoms with Gasteiger partial charge in [-0.1, -0.05) is 23.7 Å². The Morgan fingerprint density at radius 2 is 1.76 bits per heavy atom. The molecule has 0 aliphatic rings. The zero-order chi connectivity index (χ0) is 14.9. The van der Waals surface area contributed by atoms with Gasteiger partial charge in [0.15, 0.2) is 0 Å². The number of hydrogen-bond donors (Lipinski definition) is 2. The molecule has 0 fully saturated rings. The molecular formula is C16H18ClN3O. The Hall–Kier alpha value is -1.91. The van der Waals surface area contributed by atoms with E-state index < -0.39 is 0 Å². The van der Waals surface area contributed by atoms with Crippen molar-refractivity contribution >= 4 is 17.5 Å². The molecule has 1 aromatic carbocycles. The molecule has 1 heterocycles. The van der Waals surface area contributed by atoms with Crippen LogP contribution in [-0.4, -0.2) is 24.0 Å². The fraction of sp³-hybridized carbons (Fsp3) is 0.250. The van der Waals surface area contributed by atoms with Crippen molar-refractivity contribution in [1.29, 1.82) is 0 Å². The molecule has 1 aromatic heterocycles. The lowest BCUT2D eigenvalue weighted by molar-refractivity contribution is -0.120. The first-order valence-corrected chi connectivity index (χ1v) is 7.22. The van der Waals surface area contributed by atoms with Gasteiger partial charge in [-0.05, 0) is 41.8 Å². The molecule has 0 saturated carbocycles. The third-order valence-electron chi connectivity index (χ3n) is 3.01. The van der Waals surface area contributed by atoms with Crippen molar-refractivity contribution in [2.75, 3.05) is 13.1 Å². The Kier molecular flexibility index (Phi) is 6.19. The topological polar surface area (TPSA) is 54.0 Å². The Labute approximate surface area is 129 Å². The molecule has 4 nitrogen and oxygen atoms in total. The second kappa shape index (κ2) is 8.39. The first-order valence-electron chi connectivity index (χ1n) is 6.85. The van der Waals surface area contributed by atoms with Crippen molar-refractivity contribution in [3.8, 4) is 0 Å². The third-order valence-corrected chi connectivity index (χ3v) is 3.27. The molecule has 0 aliphatic heterocycles. The predicted octanol–water partition coefficient (Wildman–Crippen LogP) is 2.18. The monoisotopic (exact) mass is 303 g/mol. The second-order valence-electron chi connectivity index (χ2n) is 4.69. The van der Waals surface area contributed by atoms with Gasteiger partial charge in [0, 0.05) is 30.5 Å². The zero-order valence-corrected chi connectivity index (χ0v) is 12.4. The van der Waals surface area contributed by atoms with Gasteiger partial charge in [-0.15, -0.1) is 0 Å². The van der Waals surface area contributed by atoms with Gasteiger partial charge in [-0.2, -0.15) is 0 Å². The summed E-state index contributed by atoms with van der Waals surface area (Å²) in [7, 11) is 0. The lowest BCUT2D eigenvalue weighted by Crippen LogP contribution is -2.34. The molecule has 2 rings (SSSR count). The van der Waals surface area contributed by atoms with E-state index >= 15 is 0 Å². The first kappa shape index (κ1) is 15.5. The highest BCUT2D eigenvalue weighted by atomic mass is 35.5. The van der Waals surface area contributed by atoms with Crippen LogP contribution in [-0.2, 0) is 17.8 Å². The number of benzene rings is 1. The largest absolute Gasteiger partial charge is 0.355 e. The van der Waals surface area contributed by atoms with Crippen molar-refractivity contribution in [2.45, 2.75) is 13.0 Å². The number of aromatic nitrogens is 1. The van der Waals surface area contributed by atoms with Gasteiger partial charge >= 0.3 is 0 Å². The van der Waals surface area contributed by atoms with Gasteiger partial charge in [-0.3, -0.25) is 9.78 Å². The molecule has 0 radical (unpaired) electrons. The van der Waals surface area contributed by atoms with Crippen LogP contribution in [0.3, 0.4) is 0 Å². The molecule has 0 spiro atoms. The first-order chi connectivity index (χ1) is 10.2. The lowest BCUT2D eigenvalue weighted by atomic mass is 10.1. The summed E-state index contributed by atoms with van der Waals surface area (Å²) in [6.45, 7) is 1.59. The van der Waals surface area contributed by atoms with Crippen LogP contribution in [0.25, 0.3) is 0 Å². The Balaban J connectivity index is 1.60. The molecule has 5 heteroatoms. The van der Waals surface area contributed by atoms with E-state index in [9.17, 15) is 4.79 Å². The standard InChI is InChI=1S/C16H18ClN3O/c17-15-3-1-13(2-4-15)7-10-20-16(21)12-19-11-14-5-8-18-9-6-14/h1-6,8-9,19H,7,10-12H2,(H,20,21). The zero-order valence-electron chi connectivity index (χ0n) is 11.7. The highest BCUT2D eigenvalue weighted by molar-refractivity contribution is 6.30. The van der Waals surface area contributed by atoms with E-state index in [2.05, 4.69) is 15.6 Å². The van der Waals surface area contributed by atoms with E-state index in [1.165, 1.54) is 0 Å². The molecule has 0 unspecified atom stereocenters. The molecule has 0 aliphatic carbocycles. The van der Waals surface area contributed by atoms with E-state index in [0.717, 1.165) is 22.6 Å². The molecule has 2 N–H and O–H groups in total. The Morgan fingerprint density at radius 3 is 2.48 bits per heavy atom. The summed E-state index contributed by atoms with van der Waals surface area (Å²) in [6, 6.07) is 11.5. The smallest absolute Gasteiger partial charge is 0.233 e. The summed E-state index contributed by atoms with van der Waals surface area (Å²) in [5.41, 5.74) is 2.27. The molecule has 110 valence electrons. The summed E-state index contributed by atoms with van der Waals surface area (Å²) in [5, 5.41) is 6.71. The van der Waals surface area contributed by atoms with Crippen LogP contribution < -0.4 is 10.6 Å². The summed E-state index contributed by atoms with van der Waals surface area (Å²) < 4.78 is 0. The highest BCUT2D eigenvalue weighted by Gasteiger charge is 2.01. The number of halogens is 1. The molecule has 21 heavy (non-hydrogen) atoms. The molecular weight excluding hydrogens is 286 g/mol. The number of rotatable bonds is 7. The van der Waals surface area contributed by atoms with Gasteiger partial charge in [-0.25, -0.2) is 0 Å². The highest BCUT2D eigenvalue weighted by Crippen LogP contribution is 2.09. The minimum absolute atomic E-state index is 0.00183. The number of amides is 1. The molecule has 0 bridgehead atoms. The van der Waals surface area contributed by atoms with Crippen molar-refractivity contribution in [3.05, 3.63) is 64.9 Å². The number of carbonyl (C=O) groups excluding carboxylic acids is 1. The number of carbonyl (C=O) groups is 1. The van der Waals surface area contributed by atoms with Crippen LogP contribution in [0.2, 0.25) is 5.02 Å². The van der Waals surface area contributed by atoms with Crippen molar-refractivity contribution in [1.82, 2.24) is 15.6 Å². The van der Waals surface area contributed by atoms with Crippen molar-refractivity contribution in [2.24, 2.45) is 0 Å². The fourth-order valence-corrected chi connectivity index (χ4v) is 2.01. The van der Waals surface area contributed by atoms with Gasteiger partial charge in [0.2, 0.25) is 5.91 Å². The Bertz CT molecular complexity index is 557. The van der Waals surface area contributed by atoms with Crippen LogP contribution in [0, 0.1) is 0 Å². The molecule has 2 aromatic rings. The van der Waals surface area contributed by atoms with Crippen molar-refractivity contribution < 1.29 is 4.79 Å². The maximum absolute atomic E-state index is 11.7. The number of hydrogen-bond acceptors (Lipinski definition) is 3. The normalized spacial score (nSPS) is 10.3.